The van der Waals surface area contributed by atoms with Gasteiger partial charge in [0.1, 0.15) is 11.5 Å². The van der Waals surface area contributed by atoms with E-state index in [0.717, 1.165) is 19.1 Å². The molecule has 0 saturated carbocycles. The summed E-state index contributed by atoms with van der Waals surface area (Å²) in [6.07, 6.45) is 3.58. The summed E-state index contributed by atoms with van der Waals surface area (Å²) in [6, 6.07) is 6.11. The summed E-state index contributed by atoms with van der Waals surface area (Å²) in [5, 5.41) is 0. The van der Waals surface area contributed by atoms with Gasteiger partial charge in [0.2, 0.25) is 0 Å². The fourth-order valence-electron chi connectivity index (χ4n) is 4.43. The van der Waals surface area contributed by atoms with Gasteiger partial charge >= 0.3 is 5.97 Å². The number of hydrogen-bond acceptors (Lipinski definition) is 6. The lowest BCUT2D eigenvalue weighted by Crippen LogP contribution is -2.70. The van der Waals surface area contributed by atoms with Gasteiger partial charge in [-0.1, -0.05) is 30.3 Å². The lowest BCUT2D eigenvalue weighted by Gasteiger charge is -2.53. The number of esters is 1. The number of carbonyl (C=O) groups excluding carboxylic acids is 5. The molecule has 4 rings (SSSR count). The third-order valence-electron chi connectivity index (χ3n) is 5.49. The van der Waals surface area contributed by atoms with Crippen molar-refractivity contribution in [3.05, 3.63) is 59.7 Å². The molecule has 3 aliphatic rings. The molecule has 0 bridgehead atoms. The zero-order valence-corrected chi connectivity index (χ0v) is 13.9. The van der Waals surface area contributed by atoms with Crippen molar-refractivity contribution in [3.63, 3.8) is 0 Å². The van der Waals surface area contributed by atoms with Gasteiger partial charge in [0, 0.05) is 18.1 Å². The number of Topliss-reactive ketones (excluding diaryl/α,β-unsaturated/α-hetero) is 2. The Hall–Kier alpha value is -3.15. The van der Waals surface area contributed by atoms with Gasteiger partial charge in [-0.25, -0.2) is 0 Å². The quantitative estimate of drug-likeness (QED) is 0.434. The highest BCUT2D eigenvalue weighted by Gasteiger charge is 2.75. The van der Waals surface area contributed by atoms with Crippen LogP contribution in [0.1, 0.15) is 34.1 Å². The molecular formula is C20H14O6. The number of rotatable bonds is 1. The second-order valence-electron chi connectivity index (χ2n) is 6.64. The predicted molar refractivity (Wildman–Crippen MR) is 88.4 cm³/mol. The van der Waals surface area contributed by atoms with Crippen LogP contribution in [0.4, 0.5) is 0 Å². The highest BCUT2D eigenvalue weighted by molar-refractivity contribution is 6.38. The van der Waals surface area contributed by atoms with E-state index in [9.17, 15) is 24.0 Å². The highest BCUT2D eigenvalue weighted by atomic mass is 16.5. The Balaban J connectivity index is 2.12. The molecule has 0 aromatic heterocycles. The monoisotopic (exact) mass is 350 g/mol. The summed E-state index contributed by atoms with van der Waals surface area (Å²) in [6.45, 7) is 1.15. The minimum absolute atomic E-state index is 0.0667. The molecule has 6 nitrogen and oxygen atoms in total. The fourth-order valence-corrected chi connectivity index (χ4v) is 4.43. The molecule has 0 heterocycles. The molecule has 0 radical (unpaired) electrons. The van der Waals surface area contributed by atoms with Crippen LogP contribution in [0.5, 0.6) is 0 Å². The normalized spacial score (nSPS) is 32.0. The maximum atomic E-state index is 13.5. The van der Waals surface area contributed by atoms with Crippen molar-refractivity contribution in [2.75, 3.05) is 0 Å². The van der Waals surface area contributed by atoms with Crippen molar-refractivity contribution >= 4 is 29.1 Å². The SMILES string of the molecule is CC(=O)OC1C=CCC23C(=O)C=CC(=O)C12C(=O)c1ccccc1C3=O. The van der Waals surface area contributed by atoms with Crippen LogP contribution in [0.25, 0.3) is 0 Å². The zero-order valence-electron chi connectivity index (χ0n) is 13.9. The van der Waals surface area contributed by atoms with E-state index < -0.39 is 46.0 Å². The van der Waals surface area contributed by atoms with E-state index in [1.54, 1.807) is 12.1 Å². The average molecular weight is 350 g/mol. The molecule has 0 amide bonds. The zero-order chi connectivity index (χ0) is 18.7. The Kier molecular flexibility index (Phi) is 3.25. The summed E-state index contributed by atoms with van der Waals surface area (Å²) in [5.41, 5.74) is -3.83. The molecule has 3 atom stereocenters. The van der Waals surface area contributed by atoms with Crippen LogP contribution in [0.2, 0.25) is 0 Å². The smallest absolute Gasteiger partial charge is 0.303 e. The van der Waals surface area contributed by atoms with Gasteiger partial charge in [-0.2, -0.15) is 0 Å². The minimum Gasteiger partial charge on any atom is -0.457 e. The van der Waals surface area contributed by atoms with Crippen LogP contribution in [-0.4, -0.2) is 35.2 Å². The second-order valence-corrected chi connectivity index (χ2v) is 6.64. The van der Waals surface area contributed by atoms with Crippen molar-refractivity contribution in [3.8, 4) is 0 Å². The molecule has 0 spiro atoms. The molecule has 0 aliphatic heterocycles. The Morgan fingerprint density at radius 2 is 1.62 bits per heavy atom. The van der Waals surface area contributed by atoms with Crippen LogP contribution in [0, 0.1) is 10.8 Å². The van der Waals surface area contributed by atoms with E-state index >= 15 is 0 Å². The third kappa shape index (κ3) is 1.64. The fraction of sp³-hybridized carbons (Fsp3) is 0.250. The van der Waals surface area contributed by atoms with Crippen LogP contribution in [0.15, 0.2) is 48.6 Å². The first-order chi connectivity index (χ1) is 12.4. The number of carbonyl (C=O) groups is 5. The Morgan fingerprint density at radius 1 is 1.00 bits per heavy atom. The van der Waals surface area contributed by atoms with E-state index in [0.29, 0.717) is 0 Å². The third-order valence-corrected chi connectivity index (χ3v) is 5.49. The summed E-state index contributed by atoms with van der Waals surface area (Å²) in [7, 11) is 0. The first-order valence-corrected chi connectivity index (χ1v) is 8.17. The van der Waals surface area contributed by atoms with Crippen molar-refractivity contribution in [1.82, 2.24) is 0 Å². The number of fused-ring (bicyclic) bond motifs is 1. The summed E-state index contributed by atoms with van der Waals surface area (Å²) in [5.74, 6) is -3.27. The van der Waals surface area contributed by atoms with Crippen LogP contribution < -0.4 is 0 Å². The molecule has 0 fully saturated rings. The number of hydrogen-bond donors (Lipinski definition) is 0. The molecular weight excluding hydrogens is 336 g/mol. The molecule has 26 heavy (non-hydrogen) atoms. The van der Waals surface area contributed by atoms with Crippen molar-refractivity contribution in [1.29, 1.82) is 0 Å². The number of allylic oxidation sites excluding steroid dienone is 3. The van der Waals surface area contributed by atoms with E-state index in [1.165, 1.54) is 24.3 Å². The molecule has 0 N–H and O–H groups in total. The standard InChI is InChI=1S/C20H14O6/c1-11(21)26-16-7-4-10-19-14(22)8-9-15(23)20(16,19)18(25)13-6-3-2-5-12(13)17(19)24/h2-9,16H,10H2,1H3. The topological polar surface area (TPSA) is 94.6 Å². The van der Waals surface area contributed by atoms with Gasteiger partial charge in [0.05, 0.1) is 0 Å². The van der Waals surface area contributed by atoms with Crippen molar-refractivity contribution in [2.45, 2.75) is 19.4 Å². The van der Waals surface area contributed by atoms with E-state index in [4.69, 9.17) is 4.74 Å². The molecule has 3 aliphatic carbocycles. The van der Waals surface area contributed by atoms with E-state index in [2.05, 4.69) is 0 Å². The number of benzene rings is 1. The molecule has 0 saturated heterocycles. The number of ether oxygens (including phenoxy) is 1. The second kappa shape index (κ2) is 5.17. The lowest BCUT2D eigenvalue weighted by atomic mass is 9.44. The molecule has 130 valence electrons. The van der Waals surface area contributed by atoms with Crippen LogP contribution in [0.3, 0.4) is 0 Å². The van der Waals surface area contributed by atoms with Gasteiger partial charge in [0.15, 0.2) is 28.5 Å². The van der Waals surface area contributed by atoms with Gasteiger partial charge in [0.25, 0.3) is 0 Å². The molecule has 6 heteroatoms. The average Bonchev–Trinajstić information content (AvgIpc) is 2.62. The first kappa shape index (κ1) is 16.3. The predicted octanol–water partition coefficient (Wildman–Crippen LogP) is 1.64. The lowest BCUT2D eigenvalue weighted by molar-refractivity contribution is -0.160. The summed E-state index contributed by atoms with van der Waals surface area (Å²) < 4.78 is 5.26. The Bertz CT molecular complexity index is 968. The maximum absolute atomic E-state index is 13.5. The number of ketones is 4. The van der Waals surface area contributed by atoms with Crippen molar-refractivity contribution in [2.24, 2.45) is 10.8 Å². The van der Waals surface area contributed by atoms with Gasteiger partial charge in [-0.05, 0) is 24.6 Å². The molecule has 1 aromatic rings. The van der Waals surface area contributed by atoms with E-state index in [1.807, 2.05) is 0 Å². The van der Waals surface area contributed by atoms with E-state index in [-0.39, 0.29) is 17.5 Å². The van der Waals surface area contributed by atoms with Gasteiger partial charge < -0.3 is 4.74 Å². The summed E-state index contributed by atoms with van der Waals surface area (Å²) in [4.78, 5) is 64.5. The summed E-state index contributed by atoms with van der Waals surface area (Å²) >= 11 is 0. The van der Waals surface area contributed by atoms with Crippen LogP contribution in [-0.2, 0) is 19.1 Å². The van der Waals surface area contributed by atoms with Gasteiger partial charge in [-0.3, -0.25) is 24.0 Å². The Morgan fingerprint density at radius 3 is 2.27 bits per heavy atom. The van der Waals surface area contributed by atoms with Gasteiger partial charge in [-0.15, -0.1) is 0 Å². The molecule has 1 aromatic carbocycles. The minimum atomic E-state index is -2.09. The van der Waals surface area contributed by atoms with Crippen LogP contribution >= 0.6 is 0 Å². The largest absolute Gasteiger partial charge is 0.457 e. The molecule has 3 unspecified atom stereocenters. The first-order valence-electron chi connectivity index (χ1n) is 8.17. The van der Waals surface area contributed by atoms with Crippen molar-refractivity contribution < 1.29 is 28.7 Å². The Labute approximate surface area is 148 Å². The highest BCUT2D eigenvalue weighted by Crippen LogP contribution is 2.59. The maximum Gasteiger partial charge on any atom is 0.303 e.